The highest BCUT2D eigenvalue weighted by Crippen LogP contribution is 2.33. The van der Waals surface area contributed by atoms with Gasteiger partial charge in [0.1, 0.15) is 5.69 Å². The number of hydrogen-bond donors (Lipinski definition) is 1. The van der Waals surface area contributed by atoms with Gasteiger partial charge in [-0.25, -0.2) is 9.97 Å². The first kappa shape index (κ1) is 23.1. The maximum Gasteiger partial charge on any atom is 0.268 e. The van der Waals surface area contributed by atoms with Crippen molar-refractivity contribution in [1.29, 1.82) is 0 Å². The zero-order valence-electron chi connectivity index (χ0n) is 19.9. The summed E-state index contributed by atoms with van der Waals surface area (Å²) in [6.07, 6.45) is 5.48. The van der Waals surface area contributed by atoms with Crippen LogP contribution in [0.1, 0.15) is 38.5 Å². The molecule has 180 valence electrons. The number of nitrogens with two attached hydrogens (primary N) is 1. The number of carbonyl (C=O) groups is 2. The van der Waals surface area contributed by atoms with Gasteiger partial charge in [-0.2, -0.15) is 0 Å². The zero-order chi connectivity index (χ0) is 24.4. The second-order valence-electron chi connectivity index (χ2n) is 9.54. The molecule has 0 aliphatic carbocycles. The number of carbonyl (C=O) groups excluding carboxylic acids is 2. The lowest BCUT2D eigenvalue weighted by atomic mass is 10.0. The number of rotatable bonds is 7. The minimum Gasteiger partial charge on any atom is -0.364 e. The molecule has 2 amide bonds. The number of benzene rings is 1. The van der Waals surface area contributed by atoms with Crippen LogP contribution in [0.5, 0.6) is 0 Å². The minimum absolute atomic E-state index is 0.0195. The predicted octanol–water partition coefficient (Wildman–Crippen LogP) is 2.58. The summed E-state index contributed by atoms with van der Waals surface area (Å²) in [5.74, 6) is 0.329. The normalized spacial score (nSPS) is 19.6. The van der Waals surface area contributed by atoms with Crippen molar-refractivity contribution in [3.8, 4) is 11.4 Å². The standard InChI is InChI=1S/C27H30N6O2/c1-18-23(24(25(28)34)31-26(30-18)20-9-11-29-12-10-20)27(35)33-16-21-14-32(15-22(21)17-33)13-5-8-19-6-3-2-4-7-19/h2-4,6-7,9-12,21-22H,5,8,13-17H2,1H3,(H2,28,34)/t21-,22?/m0/s1. The fourth-order valence-corrected chi connectivity index (χ4v) is 5.39. The van der Waals surface area contributed by atoms with Gasteiger partial charge in [-0.1, -0.05) is 30.3 Å². The van der Waals surface area contributed by atoms with Crippen molar-refractivity contribution >= 4 is 11.8 Å². The summed E-state index contributed by atoms with van der Waals surface area (Å²) in [6, 6.07) is 14.1. The summed E-state index contributed by atoms with van der Waals surface area (Å²) in [4.78, 5) is 43.0. The van der Waals surface area contributed by atoms with Gasteiger partial charge in [-0.3, -0.25) is 14.6 Å². The molecule has 2 fully saturated rings. The zero-order valence-corrected chi connectivity index (χ0v) is 19.9. The van der Waals surface area contributed by atoms with Gasteiger partial charge in [0.2, 0.25) is 0 Å². The minimum atomic E-state index is -0.724. The number of fused-ring (bicyclic) bond motifs is 1. The third-order valence-corrected chi connectivity index (χ3v) is 7.11. The summed E-state index contributed by atoms with van der Waals surface area (Å²) < 4.78 is 0. The van der Waals surface area contributed by atoms with Gasteiger partial charge < -0.3 is 15.5 Å². The fraction of sp³-hybridized carbons (Fsp3) is 0.370. The van der Waals surface area contributed by atoms with Crippen LogP contribution >= 0.6 is 0 Å². The van der Waals surface area contributed by atoms with Crippen LogP contribution in [0.25, 0.3) is 11.4 Å². The smallest absolute Gasteiger partial charge is 0.268 e. The molecule has 2 atom stereocenters. The summed E-state index contributed by atoms with van der Waals surface area (Å²) in [7, 11) is 0. The number of likely N-dealkylation sites (tertiary alicyclic amines) is 2. The summed E-state index contributed by atoms with van der Waals surface area (Å²) in [5.41, 5.74) is 8.40. The molecule has 0 bridgehead atoms. The Bertz CT molecular complexity index is 1200. The van der Waals surface area contributed by atoms with Gasteiger partial charge >= 0.3 is 0 Å². The van der Waals surface area contributed by atoms with E-state index in [0.29, 0.717) is 42.0 Å². The molecule has 0 spiro atoms. The SMILES string of the molecule is Cc1nc(-c2ccncc2)nc(C(N)=O)c1C(=O)N1CC2CN(CCCc3ccccc3)C[C@H]2C1. The monoisotopic (exact) mass is 470 g/mol. The molecule has 3 aromatic rings. The van der Waals surface area contributed by atoms with Crippen molar-refractivity contribution in [2.45, 2.75) is 19.8 Å². The Hall–Kier alpha value is -3.65. The topological polar surface area (TPSA) is 105 Å². The van der Waals surface area contributed by atoms with Crippen LogP contribution in [0.15, 0.2) is 54.9 Å². The van der Waals surface area contributed by atoms with Crippen LogP contribution in [-0.2, 0) is 6.42 Å². The molecule has 0 saturated carbocycles. The number of primary amides is 1. The average Bonchev–Trinajstić information content (AvgIpc) is 3.43. The van der Waals surface area contributed by atoms with Crippen LogP contribution in [0.3, 0.4) is 0 Å². The third kappa shape index (κ3) is 4.93. The highest BCUT2D eigenvalue weighted by atomic mass is 16.2. The first-order valence-electron chi connectivity index (χ1n) is 12.1. The summed E-state index contributed by atoms with van der Waals surface area (Å²) in [6.45, 7) is 6.18. The van der Waals surface area contributed by atoms with E-state index in [1.165, 1.54) is 5.56 Å². The van der Waals surface area contributed by atoms with Gasteiger partial charge in [-0.15, -0.1) is 0 Å². The second-order valence-corrected chi connectivity index (χ2v) is 9.54. The maximum absolute atomic E-state index is 13.5. The van der Waals surface area contributed by atoms with Crippen molar-refractivity contribution < 1.29 is 9.59 Å². The molecule has 5 rings (SSSR count). The molecule has 2 N–H and O–H groups in total. The Morgan fingerprint density at radius 1 is 0.971 bits per heavy atom. The molecule has 4 heterocycles. The van der Waals surface area contributed by atoms with E-state index < -0.39 is 5.91 Å². The van der Waals surface area contributed by atoms with E-state index in [2.05, 4.69) is 44.1 Å². The van der Waals surface area contributed by atoms with Crippen molar-refractivity contribution in [2.24, 2.45) is 17.6 Å². The molecule has 2 saturated heterocycles. The third-order valence-electron chi connectivity index (χ3n) is 7.11. The van der Waals surface area contributed by atoms with Gasteiger partial charge in [0, 0.05) is 44.1 Å². The van der Waals surface area contributed by atoms with E-state index >= 15 is 0 Å². The summed E-state index contributed by atoms with van der Waals surface area (Å²) in [5, 5.41) is 0. The van der Waals surface area contributed by atoms with Gasteiger partial charge in [0.05, 0.1) is 11.3 Å². The van der Waals surface area contributed by atoms with Crippen molar-refractivity contribution in [2.75, 3.05) is 32.7 Å². The average molecular weight is 471 g/mol. The largest absolute Gasteiger partial charge is 0.364 e. The molecule has 8 heteroatoms. The highest BCUT2D eigenvalue weighted by molar-refractivity contribution is 6.06. The Kier molecular flexibility index (Phi) is 6.55. The predicted molar refractivity (Wildman–Crippen MR) is 133 cm³/mol. The lowest BCUT2D eigenvalue weighted by Gasteiger charge is -2.23. The Labute approximate surface area is 205 Å². The number of pyridine rings is 1. The lowest BCUT2D eigenvalue weighted by molar-refractivity contribution is 0.0766. The first-order valence-corrected chi connectivity index (χ1v) is 12.1. The molecule has 1 aromatic carbocycles. The van der Waals surface area contributed by atoms with Crippen LogP contribution < -0.4 is 5.73 Å². The Morgan fingerprint density at radius 2 is 1.66 bits per heavy atom. The van der Waals surface area contributed by atoms with Crippen LogP contribution in [0.4, 0.5) is 0 Å². The van der Waals surface area contributed by atoms with Crippen LogP contribution in [0.2, 0.25) is 0 Å². The molecular weight excluding hydrogens is 440 g/mol. The molecule has 2 aliphatic rings. The number of aryl methyl sites for hydroxylation is 2. The molecule has 1 unspecified atom stereocenters. The van der Waals surface area contributed by atoms with Crippen molar-refractivity contribution in [3.63, 3.8) is 0 Å². The summed E-state index contributed by atoms with van der Waals surface area (Å²) >= 11 is 0. The van der Waals surface area contributed by atoms with Crippen LogP contribution in [0, 0.1) is 18.8 Å². The Morgan fingerprint density at radius 3 is 2.31 bits per heavy atom. The van der Waals surface area contributed by atoms with Gasteiger partial charge in [0.15, 0.2) is 5.82 Å². The molecule has 35 heavy (non-hydrogen) atoms. The fourth-order valence-electron chi connectivity index (χ4n) is 5.39. The lowest BCUT2D eigenvalue weighted by Crippen LogP contribution is -2.35. The molecule has 2 aliphatic heterocycles. The van der Waals surface area contributed by atoms with Gasteiger partial charge in [0.25, 0.3) is 11.8 Å². The Balaban J connectivity index is 1.24. The van der Waals surface area contributed by atoms with E-state index in [0.717, 1.165) is 32.5 Å². The molecule has 2 aromatic heterocycles. The quantitative estimate of drug-likeness (QED) is 0.569. The molecule has 0 radical (unpaired) electrons. The molecular formula is C27H30N6O2. The van der Waals surface area contributed by atoms with Crippen molar-refractivity contribution in [1.82, 2.24) is 24.8 Å². The molecule has 8 nitrogen and oxygen atoms in total. The highest BCUT2D eigenvalue weighted by Gasteiger charge is 2.42. The van der Waals surface area contributed by atoms with E-state index in [1.807, 2.05) is 11.0 Å². The number of hydrogen-bond acceptors (Lipinski definition) is 6. The first-order chi connectivity index (χ1) is 17.0. The number of nitrogens with zero attached hydrogens (tertiary/aromatic N) is 5. The van der Waals surface area contributed by atoms with E-state index in [9.17, 15) is 9.59 Å². The van der Waals surface area contributed by atoms with Crippen molar-refractivity contribution in [3.05, 3.63) is 77.4 Å². The van der Waals surface area contributed by atoms with E-state index in [1.54, 1.807) is 31.5 Å². The van der Waals surface area contributed by atoms with Crippen LogP contribution in [-0.4, -0.2) is 69.3 Å². The second kappa shape index (κ2) is 9.92. The van der Waals surface area contributed by atoms with E-state index in [-0.39, 0.29) is 17.2 Å². The number of aromatic nitrogens is 3. The van der Waals surface area contributed by atoms with E-state index in [4.69, 9.17) is 5.73 Å². The maximum atomic E-state index is 13.5. The number of amides is 2. The van der Waals surface area contributed by atoms with Gasteiger partial charge in [-0.05, 0) is 55.8 Å².